The highest BCUT2D eigenvalue weighted by atomic mass is 16.5. The van der Waals surface area contributed by atoms with Crippen LogP contribution in [-0.4, -0.2) is 43.3 Å². The fourth-order valence-corrected chi connectivity index (χ4v) is 3.39. The Morgan fingerprint density at radius 3 is 2.43 bits per heavy atom. The largest absolute Gasteiger partial charge is 0.497 e. The van der Waals surface area contributed by atoms with Crippen molar-refractivity contribution in [3.63, 3.8) is 0 Å². The zero-order valence-corrected chi connectivity index (χ0v) is 15.8. The molecule has 3 N–H and O–H groups in total. The Balaban J connectivity index is 1.53. The maximum atomic E-state index is 12.2. The SMILES string of the molecule is COc1cccc(-c2cc(=O)[nH]c(N3CCN(c4ccc(N)cc4)CC3)n2)c1. The van der Waals surface area contributed by atoms with Crippen LogP contribution < -0.4 is 25.8 Å². The van der Waals surface area contributed by atoms with E-state index in [0.29, 0.717) is 11.6 Å². The van der Waals surface area contributed by atoms with Crippen LogP contribution in [0.25, 0.3) is 11.3 Å². The first kappa shape index (κ1) is 17.9. The normalized spacial score (nSPS) is 14.2. The number of ether oxygens (including phenoxy) is 1. The van der Waals surface area contributed by atoms with Crippen LogP contribution in [0.1, 0.15) is 0 Å². The minimum atomic E-state index is -0.163. The summed E-state index contributed by atoms with van der Waals surface area (Å²) in [5.41, 5.74) is 9.02. The van der Waals surface area contributed by atoms with Gasteiger partial charge >= 0.3 is 0 Å². The molecular weight excluding hydrogens is 354 g/mol. The number of benzene rings is 2. The lowest BCUT2D eigenvalue weighted by atomic mass is 10.1. The van der Waals surface area contributed by atoms with Gasteiger partial charge in [0.05, 0.1) is 12.8 Å². The van der Waals surface area contributed by atoms with Crippen molar-refractivity contribution >= 4 is 17.3 Å². The third-order valence-electron chi connectivity index (χ3n) is 4.93. The molecule has 7 nitrogen and oxygen atoms in total. The molecule has 0 spiro atoms. The molecule has 1 aliphatic rings. The minimum absolute atomic E-state index is 0.163. The van der Waals surface area contributed by atoms with Gasteiger partial charge in [-0.05, 0) is 36.4 Å². The number of aromatic nitrogens is 2. The maximum Gasteiger partial charge on any atom is 0.252 e. The summed E-state index contributed by atoms with van der Waals surface area (Å²) in [6.45, 7) is 3.23. The molecule has 7 heteroatoms. The average Bonchev–Trinajstić information content (AvgIpc) is 2.74. The fourth-order valence-electron chi connectivity index (χ4n) is 3.39. The summed E-state index contributed by atoms with van der Waals surface area (Å²) in [5, 5.41) is 0. The Morgan fingerprint density at radius 1 is 1.00 bits per heavy atom. The number of nitrogens with zero attached hydrogens (tertiary/aromatic N) is 3. The summed E-state index contributed by atoms with van der Waals surface area (Å²) in [5.74, 6) is 1.33. The summed E-state index contributed by atoms with van der Waals surface area (Å²) < 4.78 is 5.28. The monoisotopic (exact) mass is 377 g/mol. The highest BCUT2D eigenvalue weighted by Crippen LogP contribution is 2.23. The molecule has 0 unspecified atom stereocenters. The predicted molar refractivity (Wildman–Crippen MR) is 112 cm³/mol. The van der Waals surface area contributed by atoms with Crippen LogP contribution in [0.5, 0.6) is 5.75 Å². The van der Waals surface area contributed by atoms with Crippen molar-refractivity contribution in [1.29, 1.82) is 0 Å². The number of nitrogen functional groups attached to an aromatic ring is 1. The third kappa shape index (κ3) is 3.78. The van der Waals surface area contributed by atoms with E-state index in [9.17, 15) is 4.79 Å². The maximum absolute atomic E-state index is 12.2. The molecule has 2 aromatic carbocycles. The van der Waals surface area contributed by atoms with Gasteiger partial charge < -0.3 is 20.3 Å². The lowest BCUT2D eigenvalue weighted by molar-refractivity contribution is 0.415. The van der Waals surface area contributed by atoms with E-state index in [4.69, 9.17) is 15.5 Å². The molecule has 0 radical (unpaired) electrons. The van der Waals surface area contributed by atoms with Gasteiger partial charge in [-0.1, -0.05) is 12.1 Å². The Hall–Kier alpha value is -3.48. The van der Waals surface area contributed by atoms with Crippen molar-refractivity contribution in [3.8, 4) is 17.0 Å². The second-order valence-electron chi connectivity index (χ2n) is 6.75. The number of H-pyrrole nitrogens is 1. The number of hydrogen-bond donors (Lipinski definition) is 2. The molecule has 0 bridgehead atoms. The van der Waals surface area contributed by atoms with E-state index in [-0.39, 0.29) is 5.56 Å². The quantitative estimate of drug-likeness (QED) is 0.679. The summed E-state index contributed by atoms with van der Waals surface area (Å²) in [6, 6.07) is 17.0. The van der Waals surface area contributed by atoms with Crippen molar-refractivity contribution in [2.75, 3.05) is 48.8 Å². The van der Waals surface area contributed by atoms with E-state index >= 15 is 0 Å². The summed E-state index contributed by atoms with van der Waals surface area (Å²) in [4.78, 5) is 24.2. The number of hydrogen-bond acceptors (Lipinski definition) is 6. The number of nitrogens with one attached hydrogen (secondary N) is 1. The summed E-state index contributed by atoms with van der Waals surface area (Å²) in [6.07, 6.45) is 0. The Morgan fingerprint density at radius 2 is 1.71 bits per heavy atom. The minimum Gasteiger partial charge on any atom is -0.497 e. The molecule has 0 saturated carbocycles. The van der Waals surface area contributed by atoms with Crippen molar-refractivity contribution < 1.29 is 4.74 Å². The van der Waals surface area contributed by atoms with Crippen molar-refractivity contribution in [1.82, 2.24) is 9.97 Å². The van der Waals surface area contributed by atoms with Gasteiger partial charge in [0, 0.05) is 49.2 Å². The first-order valence-electron chi connectivity index (χ1n) is 9.23. The van der Waals surface area contributed by atoms with Gasteiger partial charge in [0.15, 0.2) is 0 Å². The van der Waals surface area contributed by atoms with E-state index < -0.39 is 0 Å². The number of anilines is 3. The number of aromatic amines is 1. The van der Waals surface area contributed by atoms with Gasteiger partial charge in [-0.3, -0.25) is 9.78 Å². The van der Waals surface area contributed by atoms with Gasteiger partial charge in [-0.15, -0.1) is 0 Å². The number of piperazine rings is 1. The van der Waals surface area contributed by atoms with Crippen molar-refractivity contribution in [2.45, 2.75) is 0 Å². The standard InChI is InChI=1S/C21H23N5O2/c1-28-18-4-2-3-15(13-18)19-14-20(27)24-21(23-19)26-11-9-25(10-12-26)17-7-5-16(22)6-8-17/h2-8,13-14H,9-12,22H2,1H3,(H,23,24,27). The average molecular weight is 377 g/mol. The van der Waals surface area contributed by atoms with Crippen LogP contribution in [0.15, 0.2) is 59.4 Å². The lowest BCUT2D eigenvalue weighted by Gasteiger charge is -2.36. The van der Waals surface area contributed by atoms with Crippen molar-refractivity contribution in [3.05, 3.63) is 65.0 Å². The van der Waals surface area contributed by atoms with Crippen LogP contribution in [0, 0.1) is 0 Å². The van der Waals surface area contributed by atoms with Crippen LogP contribution in [-0.2, 0) is 0 Å². The van der Waals surface area contributed by atoms with Crippen LogP contribution >= 0.6 is 0 Å². The first-order chi connectivity index (χ1) is 13.6. The fraction of sp³-hybridized carbons (Fsp3) is 0.238. The highest BCUT2D eigenvalue weighted by molar-refractivity contribution is 5.62. The van der Waals surface area contributed by atoms with E-state index in [1.165, 1.54) is 6.07 Å². The van der Waals surface area contributed by atoms with Gasteiger partial charge in [0.2, 0.25) is 5.95 Å². The third-order valence-corrected chi connectivity index (χ3v) is 4.93. The van der Waals surface area contributed by atoms with E-state index in [2.05, 4.69) is 14.8 Å². The van der Waals surface area contributed by atoms with E-state index in [1.807, 2.05) is 48.5 Å². The molecule has 4 rings (SSSR count). The van der Waals surface area contributed by atoms with Gasteiger partial charge in [-0.2, -0.15) is 0 Å². The molecule has 1 aliphatic heterocycles. The van der Waals surface area contributed by atoms with Crippen molar-refractivity contribution in [2.24, 2.45) is 0 Å². The molecule has 3 aromatic rings. The molecule has 0 amide bonds. The van der Waals surface area contributed by atoms with Crippen LogP contribution in [0.2, 0.25) is 0 Å². The molecule has 1 aromatic heterocycles. The second-order valence-corrected chi connectivity index (χ2v) is 6.75. The Labute approximate surface area is 163 Å². The molecule has 1 saturated heterocycles. The van der Waals surface area contributed by atoms with E-state index in [0.717, 1.165) is 48.9 Å². The Kier molecular flexibility index (Phi) is 4.89. The molecule has 0 aliphatic carbocycles. The number of rotatable bonds is 4. The topological polar surface area (TPSA) is 87.5 Å². The molecule has 1 fully saturated rings. The molecule has 144 valence electrons. The van der Waals surface area contributed by atoms with Crippen LogP contribution in [0.3, 0.4) is 0 Å². The summed E-state index contributed by atoms with van der Waals surface area (Å²) in [7, 11) is 1.62. The molecule has 28 heavy (non-hydrogen) atoms. The van der Waals surface area contributed by atoms with Gasteiger partial charge in [0.25, 0.3) is 5.56 Å². The van der Waals surface area contributed by atoms with Gasteiger partial charge in [0.1, 0.15) is 5.75 Å². The van der Waals surface area contributed by atoms with Gasteiger partial charge in [-0.25, -0.2) is 4.98 Å². The number of methoxy groups -OCH3 is 1. The highest BCUT2D eigenvalue weighted by Gasteiger charge is 2.19. The number of nitrogens with two attached hydrogens (primary N) is 1. The smallest absolute Gasteiger partial charge is 0.252 e. The predicted octanol–water partition coefficient (Wildman–Crippen LogP) is 2.35. The van der Waals surface area contributed by atoms with E-state index in [1.54, 1.807) is 7.11 Å². The molecule has 0 atom stereocenters. The Bertz CT molecular complexity index is 1010. The van der Waals surface area contributed by atoms with Crippen LogP contribution in [0.4, 0.5) is 17.3 Å². The zero-order valence-electron chi connectivity index (χ0n) is 15.8. The second kappa shape index (κ2) is 7.64. The lowest BCUT2D eigenvalue weighted by Crippen LogP contribution is -2.47. The zero-order chi connectivity index (χ0) is 19.5. The molecular formula is C21H23N5O2. The first-order valence-corrected chi connectivity index (χ1v) is 9.23. The summed E-state index contributed by atoms with van der Waals surface area (Å²) >= 11 is 0. The molecule has 2 heterocycles.